The van der Waals surface area contributed by atoms with Gasteiger partial charge in [-0.15, -0.1) is 0 Å². The molecule has 0 N–H and O–H groups in total. The van der Waals surface area contributed by atoms with Crippen molar-refractivity contribution < 1.29 is 9.53 Å². The summed E-state index contributed by atoms with van der Waals surface area (Å²) in [5, 5.41) is 0. The molecule has 0 spiro atoms. The second kappa shape index (κ2) is 8.37. The number of aliphatic imine (C=N–C) groups is 3. The predicted molar refractivity (Wildman–Crippen MR) is 84.8 cm³/mol. The number of fused-ring (bicyclic) bond motifs is 1. The molecule has 1 aromatic rings. The maximum Gasteiger partial charge on any atom is 0.195 e. The lowest BCUT2D eigenvalue weighted by molar-refractivity contribution is -0.111. The third-order valence-electron chi connectivity index (χ3n) is 2.50. The van der Waals surface area contributed by atoms with Crippen LogP contribution in [0.15, 0.2) is 63.9 Å². The summed E-state index contributed by atoms with van der Waals surface area (Å²) in [6.45, 7) is 0.464. The first-order valence-electron chi connectivity index (χ1n) is 6.47. The number of nitrogens with zero attached hydrogens (tertiary/aromatic N) is 3. The van der Waals surface area contributed by atoms with Gasteiger partial charge in [0, 0.05) is 18.0 Å². The third kappa shape index (κ3) is 5.36. The van der Waals surface area contributed by atoms with E-state index in [-0.39, 0.29) is 12.3 Å². The zero-order valence-corrected chi connectivity index (χ0v) is 11.4. The highest BCUT2D eigenvalue weighted by atomic mass is 16.5. The van der Waals surface area contributed by atoms with Crippen molar-refractivity contribution in [2.75, 3.05) is 13.2 Å². The number of hydrogen-bond donors (Lipinski definition) is 0. The van der Waals surface area contributed by atoms with Crippen LogP contribution in [0.2, 0.25) is 0 Å². The van der Waals surface area contributed by atoms with Crippen LogP contribution in [0, 0.1) is 0 Å². The Labute approximate surface area is 123 Å². The van der Waals surface area contributed by atoms with Crippen LogP contribution in [0.4, 0.5) is 5.69 Å². The van der Waals surface area contributed by atoms with Gasteiger partial charge >= 0.3 is 0 Å². The number of ketones is 1. The van der Waals surface area contributed by atoms with Gasteiger partial charge in [0.15, 0.2) is 5.78 Å². The first-order chi connectivity index (χ1) is 10.4. The van der Waals surface area contributed by atoms with Gasteiger partial charge in [-0.25, -0.2) is 0 Å². The summed E-state index contributed by atoms with van der Waals surface area (Å²) in [6.07, 6.45) is 11.0. The fourth-order valence-corrected chi connectivity index (χ4v) is 1.54. The molecule has 21 heavy (non-hydrogen) atoms. The van der Waals surface area contributed by atoms with Crippen LogP contribution in [0.1, 0.15) is 5.56 Å². The van der Waals surface area contributed by atoms with Crippen molar-refractivity contribution >= 4 is 30.1 Å². The zero-order chi connectivity index (χ0) is 14.8. The van der Waals surface area contributed by atoms with E-state index in [2.05, 4.69) is 15.0 Å². The Balaban J connectivity index is 2.21. The van der Waals surface area contributed by atoms with Crippen molar-refractivity contribution in [1.29, 1.82) is 0 Å². The Hall–Kier alpha value is -2.82. The number of rotatable bonds is 0. The topological polar surface area (TPSA) is 63.4 Å². The Morgan fingerprint density at radius 1 is 1.14 bits per heavy atom. The lowest BCUT2D eigenvalue weighted by atomic mass is 10.2. The standard InChI is InChI=1S/C16H15N3O2/c20-15-12-17-8-10-21-9-4-3-7-19-16-6-2-1-5-14(16)11-18-13-15/h1-8,10-12H,9,13H2. The molecule has 0 fully saturated rings. The third-order valence-corrected chi connectivity index (χ3v) is 2.50. The van der Waals surface area contributed by atoms with Gasteiger partial charge in [-0.3, -0.25) is 19.8 Å². The van der Waals surface area contributed by atoms with Crippen molar-refractivity contribution in [3.8, 4) is 0 Å². The Kier molecular flexibility index (Phi) is 5.81. The number of para-hydroxylation sites is 1. The molecule has 0 aliphatic carbocycles. The largest absolute Gasteiger partial charge is 0.496 e. The fraction of sp³-hybridized carbons (Fsp3) is 0.125. The molecule has 1 aliphatic heterocycles. The van der Waals surface area contributed by atoms with Gasteiger partial charge in [-0.2, -0.15) is 0 Å². The molecule has 0 amide bonds. The second-order valence-electron chi connectivity index (χ2n) is 4.10. The van der Waals surface area contributed by atoms with E-state index in [0.29, 0.717) is 6.61 Å². The molecule has 0 radical (unpaired) electrons. The Bertz CT molecular complexity index is 628. The minimum absolute atomic E-state index is 0.0517. The molecule has 0 atom stereocenters. The van der Waals surface area contributed by atoms with E-state index in [1.807, 2.05) is 30.3 Å². The van der Waals surface area contributed by atoms with Crippen molar-refractivity contribution in [3.05, 3.63) is 54.4 Å². The second-order valence-corrected chi connectivity index (χ2v) is 4.10. The van der Waals surface area contributed by atoms with Gasteiger partial charge in [0.25, 0.3) is 0 Å². The lowest BCUT2D eigenvalue weighted by Crippen LogP contribution is -2.03. The summed E-state index contributed by atoms with van der Waals surface area (Å²) in [7, 11) is 0. The quantitative estimate of drug-likeness (QED) is 0.733. The molecule has 2 rings (SSSR count). The Morgan fingerprint density at radius 3 is 3.00 bits per heavy atom. The molecule has 5 heteroatoms. The van der Waals surface area contributed by atoms with Crippen molar-refractivity contribution in [2.45, 2.75) is 0 Å². The molecule has 0 unspecified atom stereocenters. The molecule has 1 aliphatic rings. The number of hydrogen-bond acceptors (Lipinski definition) is 5. The normalized spacial score (nSPS) is 15.7. The van der Waals surface area contributed by atoms with E-state index in [9.17, 15) is 4.79 Å². The first kappa shape index (κ1) is 14.6. The molecule has 0 saturated carbocycles. The van der Waals surface area contributed by atoms with Gasteiger partial charge in [0.1, 0.15) is 19.4 Å². The SMILES string of the molecule is O=C1C=NC=COCC=CC=Nc2ccccc2C=NC1. The molecule has 1 heterocycles. The summed E-state index contributed by atoms with van der Waals surface area (Å²) in [6, 6.07) is 7.58. The van der Waals surface area contributed by atoms with Crippen LogP contribution >= 0.6 is 0 Å². The number of allylic oxidation sites excluding steroid dienone is 1. The first-order valence-corrected chi connectivity index (χ1v) is 6.47. The summed E-state index contributed by atoms with van der Waals surface area (Å²) in [4.78, 5) is 23.8. The summed E-state index contributed by atoms with van der Waals surface area (Å²) in [5.74, 6) is -0.177. The van der Waals surface area contributed by atoms with E-state index in [1.54, 1.807) is 18.5 Å². The number of carbonyl (C=O) groups is 1. The van der Waals surface area contributed by atoms with Gasteiger partial charge in [-0.05, 0) is 18.2 Å². The van der Waals surface area contributed by atoms with Crippen LogP contribution in [0.3, 0.4) is 0 Å². The minimum Gasteiger partial charge on any atom is -0.496 e. The van der Waals surface area contributed by atoms with Crippen molar-refractivity contribution in [1.82, 2.24) is 0 Å². The van der Waals surface area contributed by atoms with Gasteiger partial charge in [-0.1, -0.05) is 18.2 Å². The number of Topliss-reactive ketones (excluding diaryl/α,β-unsaturated/α-hetero) is 1. The monoisotopic (exact) mass is 281 g/mol. The predicted octanol–water partition coefficient (Wildman–Crippen LogP) is 2.51. The molecule has 5 nitrogen and oxygen atoms in total. The number of ether oxygens (including phenoxy) is 1. The van der Waals surface area contributed by atoms with Gasteiger partial charge in [0.05, 0.1) is 18.1 Å². The average molecular weight is 281 g/mol. The number of carbonyl (C=O) groups excluding carboxylic acids is 1. The highest BCUT2D eigenvalue weighted by molar-refractivity contribution is 6.28. The van der Waals surface area contributed by atoms with Crippen molar-refractivity contribution in [3.63, 3.8) is 0 Å². The maximum atomic E-state index is 11.5. The van der Waals surface area contributed by atoms with E-state index in [0.717, 1.165) is 11.3 Å². The molecule has 106 valence electrons. The van der Waals surface area contributed by atoms with Crippen LogP contribution in [0.25, 0.3) is 0 Å². The smallest absolute Gasteiger partial charge is 0.195 e. The molecule has 0 saturated heterocycles. The summed E-state index contributed by atoms with van der Waals surface area (Å²) >= 11 is 0. The van der Waals surface area contributed by atoms with E-state index < -0.39 is 0 Å². The molecule has 1 aromatic carbocycles. The van der Waals surface area contributed by atoms with Crippen LogP contribution in [-0.4, -0.2) is 37.6 Å². The highest BCUT2D eigenvalue weighted by Crippen LogP contribution is 2.16. The fourth-order valence-electron chi connectivity index (χ4n) is 1.54. The molecule has 0 bridgehead atoms. The number of benzene rings is 1. The zero-order valence-electron chi connectivity index (χ0n) is 11.4. The van der Waals surface area contributed by atoms with Crippen LogP contribution in [0.5, 0.6) is 0 Å². The van der Waals surface area contributed by atoms with Crippen LogP contribution < -0.4 is 0 Å². The minimum atomic E-state index is -0.177. The Morgan fingerprint density at radius 2 is 2.05 bits per heavy atom. The van der Waals surface area contributed by atoms with Gasteiger partial charge < -0.3 is 4.74 Å². The van der Waals surface area contributed by atoms with Crippen LogP contribution in [-0.2, 0) is 9.53 Å². The van der Waals surface area contributed by atoms with Gasteiger partial charge in [0.2, 0.25) is 0 Å². The van der Waals surface area contributed by atoms with Crippen molar-refractivity contribution in [2.24, 2.45) is 15.0 Å². The molecular formula is C16H15N3O2. The average Bonchev–Trinajstić information content (AvgIpc) is 2.49. The van der Waals surface area contributed by atoms with E-state index >= 15 is 0 Å². The van der Waals surface area contributed by atoms with E-state index in [1.165, 1.54) is 18.7 Å². The highest BCUT2D eigenvalue weighted by Gasteiger charge is 1.97. The molecular weight excluding hydrogens is 266 g/mol. The van der Waals surface area contributed by atoms with E-state index in [4.69, 9.17) is 4.74 Å². The summed E-state index contributed by atoms with van der Waals surface area (Å²) < 4.78 is 5.16. The lowest BCUT2D eigenvalue weighted by Gasteiger charge is -1.98. The maximum absolute atomic E-state index is 11.5. The molecule has 0 aromatic heterocycles. The summed E-state index contributed by atoms with van der Waals surface area (Å²) in [5.41, 5.74) is 1.65.